The average Bonchev–Trinajstić information content (AvgIpc) is 2.90. The van der Waals surface area contributed by atoms with E-state index in [-0.39, 0.29) is 17.7 Å². The summed E-state index contributed by atoms with van der Waals surface area (Å²) in [6.07, 6.45) is 5.96. The fourth-order valence-corrected chi connectivity index (χ4v) is 2.57. The third-order valence-corrected chi connectivity index (χ3v) is 4.41. The topological polar surface area (TPSA) is 61.2 Å². The SMILES string of the molecule is CCC(C)(C)C(=O)C(=O)N1CCC[C@@H]1CCCCC#N. The first-order chi connectivity index (χ1) is 9.44. The number of hydrogen-bond acceptors (Lipinski definition) is 3. The van der Waals surface area contributed by atoms with Gasteiger partial charge in [0.1, 0.15) is 0 Å². The number of likely N-dealkylation sites (tertiary alicyclic amines) is 1. The van der Waals surface area contributed by atoms with Crippen LogP contribution in [0.3, 0.4) is 0 Å². The van der Waals surface area contributed by atoms with E-state index in [1.807, 2.05) is 20.8 Å². The van der Waals surface area contributed by atoms with Crippen molar-refractivity contribution in [1.29, 1.82) is 5.26 Å². The molecular weight excluding hydrogens is 252 g/mol. The smallest absolute Gasteiger partial charge is 0.290 e. The minimum Gasteiger partial charge on any atom is -0.333 e. The fraction of sp³-hybridized carbons (Fsp3) is 0.812. The van der Waals surface area contributed by atoms with Crippen LogP contribution in [0.4, 0.5) is 0 Å². The van der Waals surface area contributed by atoms with E-state index in [2.05, 4.69) is 6.07 Å². The van der Waals surface area contributed by atoms with Crippen LogP contribution in [0.5, 0.6) is 0 Å². The Morgan fingerprint density at radius 3 is 2.65 bits per heavy atom. The lowest BCUT2D eigenvalue weighted by atomic mass is 9.84. The van der Waals surface area contributed by atoms with Gasteiger partial charge in [0.15, 0.2) is 0 Å². The number of rotatable bonds is 7. The Kier molecular flexibility index (Phi) is 6.19. The second-order valence-electron chi connectivity index (χ2n) is 6.27. The first-order valence-corrected chi connectivity index (χ1v) is 7.66. The van der Waals surface area contributed by atoms with Crippen molar-refractivity contribution in [1.82, 2.24) is 4.90 Å². The normalized spacial score (nSPS) is 18.9. The highest BCUT2D eigenvalue weighted by Gasteiger charge is 2.38. The second kappa shape index (κ2) is 7.42. The van der Waals surface area contributed by atoms with Crippen molar-refractivity contribution >= 4 is 11.7 Å². The van der Waals surface area contributed by atoms with Crippen LogP contribution < -0.4 is 0 Å². The van der Waals surface area contributed by atoms with Crippen molar-refractivity contribution in [2.75, 3.05) is 6.54 Å². The zero-order valence-electron chi connectivity index (χ0n) is 12.9. The molecule has 0 saturated carbocycles. The van der Waals surface area contributed by atoms with E-state index in [4.69, 9.17) is 5.26 Å². The predicted octanol–water partition coefficient (Wildman–Crippen LogP) is 3.07. The summed E-state index contributed by atoms with van der Waals surface area (Å²) in [5.74, 6) is -0.566. The van der Waals surface area contributed by atoms with E-state index in [1.165, 1.54) is 0 Å². The highest BCUT2D eigenvalue weighted by Crippen LogP contribution is 2.27. The lowest BCUT2D eigenvalue weighted by molar-refractivity contribution is -0.149. The molecule has 1 aliphatic heterocycles. The molecule has 0 spiro atoms. The van der Waals surface area contributed by atoms with Crippen molar-refractivity contribution in [2.24, 2.45) is 5.41 Å². The molecule has 1 fully saturated rings. The summed E-state index contributed by atoms with van der Waals surface area (Å²) in [7, 11) is 0. The molecule has 1 saturated heterocycles. The molecule has 0 radical (unpaired) electrons. The Balaban J connectivity index is 2.58. The van der Waals surface area contributed by atoms with Crippen molar-refractivity contribution < 1.29 is 9.59 Å². The Morgan fingerprint density at radius 1 is 1.35 bits per heavy atom. The number of nitrogens with zero attached hydrogens (tertiary/aromatic N) is 2. The summed E-state index contributed by atoms with van der Waals surface area (Å²) < 4.78 is 0. The van der Waals surface area contributed by atoms with Gasteiger partial charge in [-0.3, -0.25) is 9.59 Å². The van der Waals surface area contributed by atoms with Crippen LogP contribution in [0.15, 0.2) is 0 Å². The zero-order chi connectivity index (χ0) is 15.2. The van der Waals surface area contributed by atoms with Crippen LogP contribution in [0.25, 0.3) is 0 Å². The van der Waals surface area contributed by atoms with Crippen LogP contribution in [-0.2, 0) is 9.59 Å². The molecule has 1 aliphatic rings. The van der Waals surface area contributed by atoms with Crippen molar-refractivity contribution in [3.05, 3.63) is 0 Å². The Labute approximate surface area is 122 Å². The summed E-state index contributed by atoms with van der Waals surface area (Å²) in [5, 5.41) is 8.53. The van der Waals surface area contributed by atoms with E-state index < -0.39 is 5.41 Å². The number of carbonyl (C=O) groups is 2. The molecule has 0 unspecified atom stereocenters. The first kappa shape index (κ1) is 16.7. The quantitative estimate of drug-likeness (QED) is 0.531. The molecular formula is C16H26N2O2. The van der Waals surface area contributed by atoms with E-state index in [0.29, 0.717) is 19.4 Å². The van der Waals surface area contributed by atoms with Crippen LogP contribution in [0.2, 0.25) is 0 Å². The van der Waals surface area contributed by atoms with Crippen LogP contribution >= 0.6 is 0 Å². The molecule has 0 aromatic heterocycles. The zero-order valence-corrected chi connectivity index (χ0v) is 12.9. The fourth-order valence-electron chi connectivity index (χ4n) is 2.57. The van der Waals surface area contributed by atoms with Crippen molar-refractivity contribution in [3.8, 4) is 6.07 Å². The van der Waals surface area contributed by atoms with Gasteiger partial charge in [-0.1, -0.05) is 27.2 Å². The maximum Gasteiger partial charge on any atom is 0.290 e. The van der Waals surface area contributed by atoms with Gasteiger partial charge in [-0.2, -0.15) is 5.26 Å². The van der Waals surface area contributed by atoms with E-state index in [1.54, 1.807) is 4.90 Å². The van der Waals surface area contributed by atoms with Gasteiger partial charge in [-0.25, -0.2) is 0 Å². The van der Waals surface area contributed by atoms with Gasteiger partial charge < -0.3 is 4.90 Å². The molecule has 112 valence electrons. The number of unbranched alkanes of at least 4 members (excludes halogenated alkanes) is 2. The number of hydrogen-bond donors (Lipinski definition) is 0. The van der Waals surface area contributed by atoms with Gasteiger partial charge in [0.05, 0.1) is 6.07 Å². The minimum absolute atomic E-state index is 0.192. The second-order valence-corrected chi connectivity index (χ2v) is 6.27. The molecule has 1 heterocycles. The maximum atomic E-state index is 12.4. The average molecular weight is 278 g/mol. The summed E-state index contributed by atoms with van der Waals surface area (Å²) in [4.78, 5) is 26.4. The monoisotopic (exact) mass is 278 g/mol. The van der Waals surface area contributed by atoms with E-state index in [0.717, 1.165) is 32.1 Å². The van der Waals surface area contributed by atoms with Crippen LogP contribution in [0, 0.1) is 16.7 Å². The third-order valence-electron chi connectivity index (χ3n) is 4.41. The van der Waals surface area contributed by atoms with E-state index in [9.17, 15) is 9.59 Å². The largest absolute Gasteiger partial charge is 0.333 e. The number of ketones is 1. The van der Waals surface area contributed by atoms with Gasteiger partial charge >= 0.3 is 0 Å². The van der Waals surface area contributed by atoms with Crippen molar-refractivity contribution in [3.63, 3.8) is 0 Å². The molecule has 1 atom stereocenters. The summed E-state index contributed by atoms with van der Waals surface area (Å²) >= 11 is 0. The molecule has 0 bridgehead atoms. The molecule has 20 heavy (non-hydrogen) atoms. The number of carbonyl (C=O) groups excluding carboxylic acids is 2. The summed E-state index contributed by atoms with van der Waals surface area (Å²) in [6.45, 7) is 6.32. The standard InChI is InChI=1S/C16H26N2O2/c1-4-16(2,3)14(19)15(20)18-12-8-10-13(18)9-6-5-7-11-17/h13H,4-10,12H2,1-3H3/t13-/m0/s1. The Hall–Kier alpha value is -1.37. The van der Waals surface area contributed by atoms with Crippen LogP contribution in [-0.4, -0.2) is 29.2 Å². The molecule has 1 amide bonds. The molecule has 0 N–H and O–H groups in total. The molecule has 4 heteroatoms. The minimum atomic E-state index is -0.564. The van der Waals surface area contributed by atoms with Crippen LogP contribution in [0.1, 0.15) is 65.7 Å². The van der Waals surface area contributed by atoms with Gasteiger partial charge in [-0.05, 0) is 32.1 Å². The Bertz CT molecular complexity index is 396. The number of Topliss-reactive ketones (excluding diaryl/α,β-unsaturated/α-hetero) is 1. The van der Waals surface area contributed by atoms with Gasteiger partial charge in [0.25, 0.3) is 5.91 Å². The molecule has 0 aromatic carbocycles. The molecule has 0 aromatic rings. The highest BCUT2D eigenvalue weighted by atomic mass is 16.2. The molecule has 0 aliphatic carbocycles. The van der Waals surface area contributed by atoms with Gasteiger partial charge in [0, 0.05) is 24.4 Å². The number of amides is 1. The predicted molar refractivity (Wildman–Crippen MR) is 77.9 cm³/mol. The first-order valence-electron chi connectivity index (χ1n) is 7.66. The maximum absolute atomic E-state index is 12.4. The third kappa shape index (κ3) is 4.06. The van der Waals surface area contributed by atoms with E-state index >= 15 is 0 Å². The lowest BCUT2D eigenvalue weighted by Gasteiger charge is -2.28. The summed E-state index contributed by atoms with van der Waals surface area (Å²) in [5.41, 5.74) is -0.564. The molecule has 4 nitrogen and oxygen atoms in total. The molecule has 1 rings (SSSR count). The highest BCUT2D eigenvalue weighted by molar-refractivity contribution is 6.38. The Morgan fingerprint density at radius 2 is 2.05 bits per heavy atom. The van der Waals surface area contributed by atoms with Gasteiger partial charge in [-0.15, -0.1) is 0 Å². The lowest BCUT2D eigenvalue weighted by Crippen LogP contribution is -2.44. The number of nitriles is 1. The summed E-state index contributed by atoms with van der Waals surface area (Å²) in [6, 6.07) is 2.33. The van der Waals surface area contributed by atoms with Gasteiger partial charge in [0.2, 0.25) is 5.78 Å². The van der Waals surface area contributed by atoms with Crippen molar-refractivity contribution in [2.45, 2.75) is 71.8 Å².